The average Bonchev–Trinajstić information content (AvgIpc) is 3.00. The molecule has 0 aliphatic rings. The summed E-state index contributed by atoms with van der Waals surface area (Å²) in [6.45, 7) is 0. The van der Waals surface area contributed by atoms with Crippen LogP contribution in [0.5, 0.6) is 5.75 Å². The van der Waals surface area contributed by atoms with E-state index in [2.05, 4.69) is 10.3 Å². The number of aromatic nitrogens is 3. The van der Waals surface area contributed by atoms with E-state index in [1.165, 1.54) is 23.9 Å². The van der Waals surface area contributed by atoms with E-state index < -0.39 is 11.8 Å². The van der Waals surface area contributed by atoms with Gasteiger partial charge < -0.3 is 9.84 Å². The third-order valence-electron chi connectivity index (χ3n) is 3.30. The van der Waals surface area contributed by atoms with Crippen LogP contribution < -0.4 is 4.74 Å². The molecule has 0 amide bonds. The molecule has 0 saturated carbocycles. The summed E-state index contributed by atoms with van der Waals surface area (Å²) in [4.78, 5) is 11.4. The van der Waals surface area contributed by atoms with Crippen LogP contribution in [-0.2, 0) is 0 Å². The molecule has 1 heterocycles. The summed E-state index contributed by atoms with van der Waals surface area (Å²) in [7, 11) is 1.50. The normalized spacial score (nSPS) is 10.5. The number of nitrogens with zero attached hydrogens (tertiary/aromatic N) is 3. The van der Waals surface area contributed by atoms with Crippen molar-refractivity contribution in [3.05, 3.63) is 60.0 Å². The SMILES string of the molecule is COc1cccc(-c2c(C(=O)O)nnn2-c2ccccc2F)c1. The van der Waals surface area contributed by atoms with Crippen molar-refractivity contribution >= 4 is 5.97 Å². The van der Waals surface area contributed by atoms with Gasteiger partial charge in [-0.05, 0) is 24.3 Å². The standard InChI is InChI=1S/C16H12FN3O3/c1-23-11-6-4-5-10(9-11)15-14(16(21)22)18-19-20(15)13-8-3-2-7-12(13)17/h2-9H,1H3,(H,21,22). The zero-order valence-electron chi connectivity index (χ0n) is 12.1. The highest BCUT2D eigenvalue weighted by Gasteiger charge is 2.23. The summed E-state index contributed by atoms with van der Waals surface area (Å²) >= 11 is 0. The fraction of sp³-hybridized carbons (Fsp3) is 0.0625. The number of hydrogen-bond donors (Lipinski definition) is 1. The van der Waals surface area contributed by atoms with Crippen LogP contribution in [0.15, 0.2) is 48.5 Å². The van der Waals surface area contributed by atoms with Crippen LogP contribution >= 0.6 is 0 Å². The quantitative estimate of drug-likeness (QED) is 0.801. The fourth-order valence-corrected chi connectivity index (χ4v) is 2.25. The van der Waals surface area contributed by atoms with Crippen molar-refractivity contribution in [2.45, 2.75) is 0 Å². The maximum Gasteiger partial charge on any atom is 0.358 e. The van der Waals surface area contributed by atoms with E-state index in [9.17, 15) is 14.3 Å². The molecule has 116 valence electrons. The molecule has 0 fully saturated rings. The summed E-state index contributed by atoms with van der Waals surface area (Å²) in [5.41, 5.74) is 0.545. The molecular weight excluding hydrogens is 301 g/mol. The Labute approximate surface area is 130 Å². The molecule has 6 nitrogen and oxygen atoms in total. The second-order valence-corrected chi connectivity index (χ2v) is 4.69. The van der Waals surface area contributed by atoms with Gasteiger partial charge in [-0.25, -0.2) is 13.9 Å². The minimum Gasteiger partial charge on any atom is -0.497 e. The smallest absolute Gasteiger partial charge is 0.358 e. The lowest BCUT2D eigenvalue weighted by molar-refractivity contribution is 0.0691. The Morgan fingerprint density at radius 1 is 1.22 bits per heavy atom. The number of methoxy groups -OCH3 is 1. The van der Waals surface area contributed by atoms with Crippen molar-refractivity contribution in [2.24, 2.45) is 0 Å². The first-order valence-electron chi connectivity index (χ1n) is 6.70. The first-order valence-corrected chi connectivity index (χ1v) is 6.70. The van der Waals surface area contributed by atoms with E-state index >= 15 is 0 Å². The van der Waals surface area contributed by atoms with Crippen LogP contribution in [0, 0.1) is 5.82 Å². The maximum atomic E-state index is 14.1. The van der Waals surface area contributed by atoms with Crippen molar-refractivity contribution < 1.29 is 19.0 Å². The third kappa shape index (κ3) is 2.64. The molecule has 3 aromatic rings. The molecule has 3 rings (SSSR count). The second kappa shape index (κ2) is 5.88. The average molecular weight is 313 g/mol. The molecule has 0 unspecified atom stereocenters. The molecule has 7 heteroatoms. The van der Waals surface area contributed by atoms with Gasteiger partial charge in [0, 0.05) is 5.56 Å². The molecule has 2 aromatic carbocycles. The Hall–Kier alpha value is -3.22. The summed E-state index contributed by atoms with van der Waals surface area (Å²) in [6, 6.07) is 12.7. The van der Waals surface area contributed by atoms with E-state index in [1.54, 1.807) is 36.4 Å². The number of hydrogen-bond acceptors (Lipinski definition) is 4. The number of rotatable bonds is 4. The molecular formula is C16H12FN3O3. The van der Waals surface area contributed by atoms with E-state index in [-0.39, 0.29) is 17.1 Å². The first-order chi connectivity index (χ1) is 11.1. The van der Waals surface area contributed by atoms with Gasteiger partial charge in [0.2, 0.25) is 0 Å². The molecule has 0 aliphatic carbocycles. The summed E-state index contributed by atoms with van der Waals surface area (Å²) in [5.74, 6) is -1.23. The number of para-hydroxylation sites is 1. The summed E-state index contributed by atoms with van der Waals surface area (Å²) in [6.07, 6.45) is 0. The monoisotopic (exact) mass is 313 g/mol. The lowest BCUT2D eigenvalue weighted by Gasteiger charge is -2.09. The number of benzene rings is 2. The van der Waals surface area contributed by atoms with Gasteiger partial charge in [-0.2, -0.15) is 0 Å². The molecule has 0 atom stereocenters. The largest absolute Gasteiger partial charge is 0.497 e. The lowest BCUT2D eigenvalue weighted by Crippen LogP contribution is -2.04. The van der Waals surface area contributed by atoms with Gasteiger partial charge in [-0.15, -0.1) is 5.10 Å². The zero-order valence-corrected chi connectivity index (χ0v) is 12.1. The molecule has 0 saturated heterocycles. The van der Waals surface area contributed by atoms with Crippen molar-refractivity contribution in [3.63, 3.8) is 0 Å². The topological polar surface area (TPSA) is 77.2 Å². The van der Waals surface area contributed by atoms with Gasteiger partial charge in [0.1, 0.15) is 22.9 Å². The number of aromatic carboxylic acids is 1. The highest BCUT2D eigenvalue weighted by atomic mass is 19.1. The predicted molar refractivity (Wildman–Crippen MR) is 80.3 cm³/mol. The molecule has 0 spiro atoms. The summed E-state index contributed by atoms with van der Waals surface area (Å²) in [5, 5.41) is 16.8. The Bertz CT molecular complexity index is 877. The lowest BCUT2D eigenvalue weighted by atomic mass is 10.1. The van der Waals surface area contributed by atoms with E-state index in [0.29, 0.717) is 11.3 Å². The first kappa shape index (κ1) is 14.7. The van der Waals surface area contributed by atoms with Crippen LogP contribution in [-0.4, -0.2) is 33.2 Å². The van der Waals surface area contributed by atoms with E-state index in [1.807, 2.05) is 0 Å². The number of carbonyl (C=O) groups is 1. The third-order valence-corrected chi connectivity index (χ3v) is 3.30. The van der Waals surface area contributed by atoms with Crippen LogP contribution in [0.3, 0.4) is 0 Å². The van der Waals surface area contributed by atoms with E-state index in [0.717, 1.165) is 0 Å². The Morgan fingerprint density at radius 3 is 2.70 bits per heavy atom. The highest BCUT2D eigenvalue weighted by molar-refractivity contribution is 5.93. The van der Waals surface area contributed by atoms with Crippen molar-refractivity contribution in [1.82, 2.24) is 15.0 Å². The molecule has 1 aromatic heterocycles. The van der Waals surface area contributed by atoms with Crippen LogP contribution in [0.2, 0.25) is 0 Å². The number of halogens is 1. The van der Waals surface area contributed by atoms with Gasteiger partial charge in [0.25, 0.3) is 0 Å². The second-order valence-electron chi connectivity index (χ2n) is 4.69. The Balaban J connectivity index is 2.27. The molecule has 1 N–H and O–H groups in total. The number of ether oxygens (including phenoxy) is 1. The van der Waals surface area contributed by atoms with Crippen LogP contribution in [0.4, 0.5) is 4.39 Å². The number of carboxylic acid groups (broad SMARTS) is 1. The van der Waals surface area contributed by atoms with Gasteiger partial charge in [-0.1, -0.05) is 29.5 Å². The minimum atomic E-state index is -1.24. The fourth-order valence-electron chi connectivity index (χ4n) is 2.25. The zero-order chi connectivity index (χ0) is 16.4. The Morgan fingerprint density at radius 2 is 2.00 bits per heavy atom. The minimum absolute atomic E-state index is 0.116. The maximum absolute atomic E-state index is 14.1. The van der Waals surface area contributed by atoms with Crippen molar-refractivity contribution in [2.75, 3.05) is 7.11 Å². The van der Waals surface area contributed by atoms with Gasteiger partial charge in [0.15, 0.2) is 5.69 Å². The van der Waals surface area contributed by atoms with Crippen molar-refractivity contribution in [1.29, 1.82) is 0 Å². The van der Waals surface area contributed by atoms with Gasteiger partial charge in [0.05, 0.1) is 7.11 Å². The summed E-state index contributed by atoms with van der Waals surface area (Å²) < 4.78 is 20.4. The predicted octanol–water partition coefficient (Wildman–Crippen LogP) is 2.78. The van der Waals surface area contributed by atoms with E-state index in [4.69, 9.17) is 4.74 Å². The molecule has 0 radical (unpaired) electrons. The Kier molecular flexibility index (Phi) is 3.76. The number of carboxylic acids is 1. The molecule has 23 heavy (non-hydrogen) atoms. The molecule has 0 bridgehead atoms. The van der Waals surface area contributed by atoms with Gasteiger partial charge >= 0.3 is 5.97 Å². The van der Waals surface area contributed by atoms with Crippen LogP contribution in [0.25, 0.3) is 16.9 Å². The van der Waals surface area contributed by atoms with Gasteiger partial charge in [-0.3, -0.25) is 0 Å². The van der Waals surface area contributed by atoms with Crippen molar-refractivity contribution in [3.8, 4) is 22.7 Å². The highest BCUT2D eigenvalue weighted by Crippen LogP contribution is 2.28. The van der Waals surface area contributed by atoms with Crippen LogP contribution in [0.1, 0.15) is 10.5 Å². The molecule has 0 aliphatic heterocycles.